The number of methoxy groups -OCH3 is 1. The predicted octanol–water partition coefficient (Wildman–Crippen LogP) is 1.60. The quantitative estimate of drug-likeness (QED) is 0.859. The van der Waals surface area contributed by atoms with Gasteiger partial charge in [-0.1, -0.05) is 0 Å². The van der Waals surface area contributed by atoms with Crippen LogP contribution in [0.4, 0.5) is 5.69 Å². The molecule has 3 rings (SSSR count). The highest BCUT2D eigenvalue weighted by atomic mass is 16.5. The van der Waals surface area contributed by atoms with E-state index in [1.165, 1.54) is 0 Å². The molecule has 0 aliphatic carbocycles. The maximum Gasteiger partial charge on any atom is 0.159 e. The number of aromatic nitrogens is 3. The van der Waals surface area contributed by atoms with E-state index in [-0.39, 0.29) is 11.7 Å². The average molecular weight is 290 g/mol. The summed E-state index contributed by atoms with van der Waals surface area (Å²) in [6.45, 7) is 6.47. The highest BCUT2D eigenvalue weighted by Gasteiger charge is 2.34. The van der Waals surface area contributed by atoms with E-state index >= 15 is 0 Å². The van der Waals surface area contributed by atoms with Crippen molar-refractivity contribution in [2.45, 2.75) is 25.6 Å². The van der Waals surface area contributed by atoms with Gasteiger partial charge in [-0.25, -0.2) is 4.98 Å². The van der Waals surface area contributed by atoms with Gasteiger partial charge in [0.1, 0.15) is 0 Å². The molecule has 0 N–H and O–H groups in total. The molecule has 6 heteroatoms. The molecule has 1 fully saturated rings. The first-order valence-corrected chi connectivity index (χ1v) is 7.18. The van der Waals surface area contributed by atoms with Gasteiger partial charge in [0.25, 0.3) is 0 Å². The lowest BCUT2D eigenvalue weighted by atomic mass is 10.0. The Balaban J connectivity index is 1.97. The van der Waals surface area contributed by atoms with Crippen LogP contribution in [0, 0.1) is 0 Å². The molecule has 21 heavy (non-hydrogen) atoms. The van der Waals surface area contributed by atoms with Crippen LogP contribution in [0.5, 0.6) is 0 Å². The minimum absolute atomic E-state index is 0.0682. The molecule has 2 aromatic rings. The zero-order valence-corrected chi connectivity index (χ0v) is 13.0. The Bertz CT molecular complexity index is 638. The van der Waals surface area contributed by atoms with Crippen LogP contribution in [0.2, 0.25) is 0 Å². The number of hydrogen-bond donors (Lipinski definition) is 0. The summed E-state index contributed by atoms with van der Waals surface area (Å²) < 4.78 is 13.2. The summed E-state index contributed by atoms with van der Waals surface area (Å²) in [5.74, 6) is 0. The van der Waals surface area contributed by atoms with Gasteiger partial charge in [0, 0.05) is 33.4 Å². The number of pyridine rings is 1. The summed E-state index contributed by atoms with van der Waals surface area (Å²) in [7, 11) is 3.62. The molecular weight excluding hydrogens is 268 g/mol. The topological polar surface area (TPSA) is 52.4 Å². The fourth-order valence-corrected chi connectivity index (χ4v) is 3.06. The van der Waals surface area contributed by atoms with Crippen molar-refractivity contribution in [1.29, 1.82) is 0 Å². The third-order valence-electron chi connectivity index (χ3n) is 3.79. The van der Waals surface area contributed by atoms with Crippen molar-refractivity contribution >= 4 is 16.7 Å². The lowest BCUT2D eigenvalue weighted by Gasteiger charge is -2.43. The van der Waals surface area contributed by atoms with E-state index in [2.05, 4.69) is 34.9 Å². The maximum atomic E-state index is 6.08. The largest absolute Gasteiger partial charge is 0.382 e. The first kappa shape index (κ1) is 14.3. The number of rotatable bonds is 3. The van der Waals surface area contributed by atoms with Gasteiger partial charge in [0.05, 0.1) is 35.6 Å². The van der Waals surface area contributed by atoms with Crippen molar-refractivity contribution in [3.05, 3.63) is 18.5 Å². The molecule has 0 unspecified atom stereocenters. The zero-order chi connectivity index (χ0) is 15.0. The Morgan fingerprint density at radius 1 is 1.48 bits per heavy atom. The Morgan fingerprint density at radius 3 is 3.05 bits per heavy atom. The lowest BCUT2D eigenvalue weighted by Crippen LogP contribution is -2.54. The molecule has 1 saturated heterocycles. The van der Waals surface area contributed by atoms with E-state index < -0.39 is 0 Å². The molecule has 3 heterocycles. The van der Waals surface area contributed by atoms with E-state index in [0.717, 1.165) is 29.8 Å². The Hall–Kier alpha value is -1.66. The molecule has 114 valence electrons. The number of anilines is 1. The minimum Gasteiger partial charge on any atom is -0.382 e. The van der Waals surface area contributed by atoms with Crippen LogP contribution in [-0.4, -0.2) is 53.3 Å². The molecule has 2 aromatic heterocycles. The van der Waals surface area contributed by atoms with Crippen LogP contribution in [0.25, 0.3) is 11.0 Å². The minimum atomic E-state index is -0.209. The predicted molar refractivity (Wildman–Crippen MR) is 81.6 cm³/mol. The molecule has 0 amide bonds. The number of nitrogens with zero attached hydrogens (tertiary/aromatic N) is 4. The van der Waals surface area contributed by atoms with Crippen LogP contribution >= 0.6 is 0 Å². The van der Waals surface area contributed by atoms with Gasteiger partial charge >= 0.3 is 0 Å². The van der Waals surface area contributed by atoms with Crippen molar-refractivity contribution < 1.29 is 9.47 Å². The van der Waals surface area contributed by atoms with Gasteiger partial charge in [-0.2, -0.15) is 5.10 Å². The van der Waals surface area contributed by atoms with Crippen molar-refractivity contribution in [3.63, 3.8) is 0 Å². The smallest absolute Gasteiger partial charge is 0.159 e. The number of fused-ring (bicyclic) bond motifs is 1. The standard InChI is InChI=1S/C15H22N4O2/c1-15(2)10-19(8-11(21-15)9-20-4)13-5-6-16-14-12(13)7-17-18(14)3/h5-7,11H,8-10H2,1-4H3/t11-/m0/s1. The monoisotopic (exact) mass is 290 g/mol. The summed E-state index contributed by atoms with van der Waals surface area (Å²) >= 11 is 0. The molecule has 1 aliphatic heterocycles. The van der Waals surface area contributed by atoms with Gasteiger partial charge < -0.3 is 14.4 Å². The summed E-state index contributed by atoms with van der Waals surface area (Å²) in [6, 6.07) is 2.05. The third-order valence-corrected chi connectivity index (χ3v) is 3.79. The first-order chi connectivity index (χ1) is 10.00. The number of morpholine rings is 1. The molecule has 1 aliphatic rings. The van der Waals surface area contributed by atoms with E-state index in [1.807, 2.05) is 19.4 Å². The van der Waals surface area contributed by atoms with E-state index in [4.69, 9.17) is 9.47 Å². The molecule has 0 aromatic carbocycles. The molecule has 0 saturated carbocycles. The van der Waals surface area contributed by atoms with Crippen LogP contribution in [0.1, 0.15) is 13.8 Å². The van der Waals surface area contributed by atoms with Gasteiger partial charge in [-0.3, -0.25) is 4.68 Å². The van der Waals surface area contributed by atoms with Crippen LogP contribution in [0.15, 0.2) is 18.5 Å². The van der Waals surface area contributed by atoms with E-state index in [9.17, 15) is 0 Å². The van der Waals surface area contributed by atoms with E-state index in [1.54, 1.807) is 11.8 Å². The second-order valence-electron chi connectivity index (χ2n) is 6.17. The van der Waals surface area contributed by atoms with Gasteiger partial charge in [0.2, 0.25) is 0 Å². The third kappa shape index (κ3) is 2.73. The lowest BCUT2D eigenvalue weighted by molar-refractivity contribution is -0.106. The van der Waals surface area contributed by atoms with Crippen LogP contribution in [-0.2, 0) is 16.5 Å². The average Bonchev–Trinajstić information content (AvgIpc) is 2.79. The number of hydrogen-bond acceptors (Lipinski definition) is 5. The van der Waals surface area contributed by atoms with Crippen LogP contribution in [0.3, 0.4) is 0 Å². The molecule has 0 bridgehead atoms. The summed E-state index contributed by atoms with van der Waals surface area (Å²) in [4.78, 5) is 6.75. The van der Waals surface area contributed by atoms with Gasteiger partial charge in [-0.15, -0.1) is 0 Å². The molecule has 0 spiro atoms. The summed E-state index contributed by atoms with van der Waals surface area (Å²) in [5.41, 5.74) is 1.85. The zero-order valence-electron chi connectivity index (χ0n) is 13.0. The molecule has 1 atom stereocenters. The first-order valence-electron chi connectivity index (χ1n) is 7.18. The maximum absolute atomic E-state index is 6.08. The van der Waals surface area contributed by atoms with Crippen molar-refractivity contribution in [1.82, 2.24) is 14.8 Å². The molecule has 0 radical (unpaired) electrons. The second-order valence-corrected chi connectivity index (χ2v) is 6.17. The Kier molecular flexibility index (Phi) is 3.59. The van der Waals surface area contributed by atoms with E-state index in [0.29, 0.717) is 6.61 Å². The van der Waals surface area contributed by atoms with Gasteiger partial charge in [-0.05, 0) is 19.9 Å². The molecular formula is C15H22N4O2. The van der Waals surface area contributed by atoms with Gasteiger partial charge in [0.15, 0.2) is 5.65 Å². The Morgan fingerprint density at radius 2 is 2.29 bits per heavy atom. The highest BCUT2D eigenvalue weighted by molar-refractivity contribution is 5.89. The summed E-state index contributed by atoms with van der Waals surface area (Å²) in [5, 5.41) is 5.39. The summed E-state index contributed by atoms with van der Waals surface area (Å²) in [6.07, 6.45) is 3.79. The fraction of sp³-hybridized carbons (Fsp3) is 0.600. The van der Waals surface area contributed by atoms with Crippen molar-refractivity contribution in [2.24, 2.45) is 7.05 Å². The number of ether oxygens (including phenoxy) is 2. The van der Waals surface area contributed by atoms with Crippen molar-refractivity contribution in [3.8, 4) is 0 Å². The second kappa shape index (κ2) is 5.27. The fourth-order valence-electron chi connectivity index (χ4n) is 3.06. The number of aryl methyl sites for hydroxylation is 1. The Labute approximate surface area is 124 Å². The molecule has 6 nitrogen and oxygen atoms in total. The van der Waals surface area contributed by atoms with Crippen molar-refractivity contribution in [2.75, 3.05) is 31.7 Å². The normalized spacial score (nSPS) is 21.9. The SMILES string of the molecule is COC[C@@H]1CN(c2ccnc3c2cnn3C)CC(C)(C)O1. The van der Waals surface area contributed by atoms with Crippen LogP contribution < -0.4 is 4.90 Å². The highest BCUT2D eigenvalue weighted by Crippen LogP contribution is 2.30.